The minimum Gasteiger partial charge on any atom is -0.480 e. The van der Waals surface area contributed by atoms with Crippen LogP contribution in [0.4, 0.5) is 0 Å². The summed E-state index contributed by atoms with van der Waals surface area (Å²) in [6.45, 7) is 3.46. The Hall–Kier alpha value is -1.10. The zero-order valence-corrected chi connectivity index (χ0v) is 10.2. The first-order chi connectivity index (χ1) is 8.03. The van der Waals surface area contributed by atoms with Crippen LogP contribution in [-0.4, -0.2) is 35.6 Å². The summed E-state index contributed by atoms with van der Waals surface area (Å²) in [5.74, 6) is -0.485. The summed E-state index contributed by atoms with van der Waals surface area (Å²) < 4.78 is 0. The van der Waals surface area contributed by atoms with E-state index >= 15 is 0 Å². The zero-order valence-electron chi connectivity index (χ0n) is 10.2. The summed E-state index contributed by atoms with van der Waals surface area (Å²) in [5.41, 5.74) is -1.01. The first kappa shape index (κ1) is 12.4. The van der Waals surface area contributed by atoms with E-state index in [1.165, 1.54) is 0 Å². The van der Waals surface area contributed by atoms with E-state index in [2.05, 4.69) is 17.6 Å². The zero-order chi connectivity index (χ0) is 12.5. The van der Waals surface area contributed by atoms with Crippen LogP contribution in [0.2, 0.25) is 0 Å². The van der Waals surface area contributed by atoms with Gasteiger partial charge in [0.15, 0.2) is 0 Å². The van der Waals surface area contributed by atoms with Crippen molar-refractivity contribution < 1.29 is 14.7 Å². The maximum absolute atomic E-state index is 11.9. The molecule has 1 aliphatic heterocycles. The average molecular weight is 240 g/mol. The molecular formula is C12H20N2O3. The second-order valence-electron chi connectivity index (χ2n) is 5.41. The molecule has 0 radical (unpaired) electrons. The van der Waals surface area contributed by atoms with Gasteiger partial charge in [0.05, 0.1) is 5.92 Å². The molecule has 0 aromatic heterocycles. The third-order valence-electron chi connectivity index (χ3n) is 4.05. The average Bonchev–Trinajstić information content (AvgIpc) is 2.18. The lowest BCUT2D eigenvalue weighted by Gasteiger charge is -2.38. The number of amides is 1. The molecule has 5 nitrogen and oxygen atoms in total. The summed E-state index contributed by atoms with van der Waals surface area (Å²) in [4.78, 5) is 23.3. The Kier molecular flexibility index (Phi) is 3.38. The van der Waals surface area contributed by atoms with Crippen LogP contribution in [-0.2, 0) is 9.59 Å². The third-order valence-corrected chi connectivity index (χ3v) is 4.05. The molecule has 0 aromatic rings. The molecule has 0 spiro atoms. The van der Waals surface area contributed by atoms with Gasteiger partial charge in [-0.3, -0.25) is 4.79 Å². The van der Waals surface area contributed by atoms with Crippen LogP contribution < -0.4 is 10.6 Å². The predicted octanol–water partition coefficient (Wildman–Crippen LogP) is 0.355. The third kappa shape index (κ3) is 2.44. The maximum Gasteiger partial charge on any atom is 0.329 e. The van der Waals surface area contributed by atoms with E-state index < -0.39 is 11.5 Å². The lowest BCUT2D eigenvalue weighted by Crippen LogP contribution is -2.61. The van der Waals surface area contributed by atoms with E-state index in [0.29, 0.717) is 31.8 Å². The summed E-state index contributed by atoms with van der Waals surface area (Å²) in [7, 11) is 0. The van der Waals surface area contributed by atoms with E-state index in [4.69, 9.17) is 0 Å². The van der Waals surface area contributed by atoms with Gasteiger partial charge in [0, 0.05) is 13.1 Å². The van der Waals surface area contributed by atoms with Gasteiger partial charge in [0.25, 0.3) is 0 Å². The maximum atomic E-state index is 11.9. The Morgan fingerprint density at radius 3 is 2.29 bits per heavy atom. The van der Waals surface area contributed by atoms with Crippen molar-refractivity contribution in [2.75, 3.05) is 13.1 Å². The molecule has 17 heavy (non-hydrogen) atoms. The second-order valence-corrected chi connectivity index (χ2v) is 5.41. The normalized spacial score (nSPS) is 33.8. The summed E-state index contributed by atoms with van der Waals surface area (Å²) in [6.07, 6.45) is 2.84. The fourth-order valence-electron chi connectivity index (χ4n) is 2.46. The SMILES string of the molecule is CC1CCC(NC(=O)C2CNC2)(C(=O)O)CC1. The molecule has 1 aliphatic carbocycles. The number of rotatable bonds is 3. The van der Waals surface area contributed by atoms with Crippen LogP contribution in [0.5, 0.6) is 0 Å². The molecule has 1 saturated heterocycles. The van der Waals surface area contributed by atoms with E-state index in [-0.39, 0.29) is 11.8 Å². The lowest BCUT2D eigenvalue weighted by molar-refractivity contribution is -0.150. The van der Waals surface area contributed by atoms with Gasteiger partial charge >= 0.3 is 5.97 Å². The first-order valence-corrected chi connectivity index (χ1v) is 6.30. The molecule has 1 saturated carbocycles. The topological polar surface area (TPSA) is 78.4 Å². The minimum absolute atomic E-state index is 0.0504. The number of carboxylic acids is 1. The van der Waals surface area contributed by atoms with Crippen molar-refractivity contribution in [2.24, 2.45) is 11.8 Å². The van der Waals surface area contributed by atoms with Crippen molar-refractivity contribution in [1.29, 1.82) is 0 Å². The van der Waals surface area contributed by atoms with Gasteiger partial charge in [-0.05, 0) is 31.6 Å². The van der Waals surface area contributed by atoms with Gasteiger partial charge in [0.2, 0.25) is 5.91 Å². The highest BCUT2D eigenvalue weighted by molar-refractivity contribution is 5.88. The van der Waals surface area contributed by atoms with Crippen LogP contribution in [0.25, 0.3) is 0 Å². The summed E-state index contributed by atoms with van der Waals surface area (Å²) >= 11 is 0. The second kappa shape index (κ2) is 4.64. The van der Waals surface area contributed by atoms with Crippen molar-refractivity contribution in [1.82, 2.24) is 10.6 Å². The Labute approximate surface area is 101 Å². The van der Waals surface area contributed by atoms with Crippen LogP contribution >= 0.6 is 0 Å². The smallest absolute Gasteiger partial charge is 0.329 e. The van der Waals surface area contributed by atoms with Crippen molar-refractivity contribution in [3.05, 3.63) is 0 Å². The molecule has 2 aliphatic rings. The van der Waals surface area contributed by atoms with Gasteiger partial charge in [-0.25, -0.2) is 4.79 Å². The minimum atomic E-state index is -1.01. The predicted molar refractivity (Wildman–Crippen MR) is 62.5 cm³/mol. The summed E-state index contributed by atoms with van der Waals surface area (Å²) in [5, 5.41) is 15.2. The number of carbonyl (C=O) groups is 2. The monoisotopic (exact) mass is 240 g/mol. The number of carboxylic acid groups (broad SMARTS) is 1. The van der Waals surface area contributed by atoms with Crippen LogP contribution in [0, 0.1) is 11.8 Å². The van der Waals surface area contributed by atoms with Gasteiger partial charge in [0.1, 0.15) is 5.54 Å². The lowest BCUT2D eigenvalue weighted by atomic mass is 9.76. The number of aliphatic carboxylic acids is 1. The standard InChI is InChI=1S/C12H20N2O3/c1-8-2-4-12(5-3-8,11(16)17)14-10(15)9-6-13-7-9/h8-9,13H,2-7H2,1H3,(H,14,15)(H,16,17). The highest BCUT2D eigenvalue weighted by Crippen LogP contribution is 2.32. The molecule has 0 atom stereocenters. The van der Waals surface area contributed by atoms with Gasteiger partial charge < -0.3 is 15.7 Å². The highest BCUT2D eigenvalue weighted by Gasteiger charge is 2.43. The highest BCUT2D eigenvalue weighted by atomic mass is 16.4. The van der Waals surface area contributed by atoms with E-state index in [1.807, 2.05) is 0 Å². The molecule has 3 N–H and O–H groups in total. The fraction of sp³-hybridized carbons (Fsp3) is 0.833. The van der Waals surface area contributed by atoms with Crippen LogP contribution in [0.1, 0.15) is 32.6 Å². The molecule has 2 fully saturated rings. The molecule has 2 rings (SSSR count). The van der Waals surface area contributed by atoms with Gasteiger partial charge in [-0.1, -0.05) is 6.92 Å². The molecule has 5 heteroatoms. The van der Waals surface area contributed by atoms with Crippen molar-refractivity contribution >= 4 is 11.9 Å². The largest absolute Gasteiger partial charge is 0.480 e. The Bertz CT molecular complexity index is 318. The molecule has 0 unspecified atom stereocenters. The van der Waals surface area contributed by atoms with E-state index in [1.54, 1.807) is 0 Å². The number of hydrogen-bond donors (Lipinski definition) is 3. The molecule has 0 aromatic carbocycles. The van der Waals surface area contributed by atoms with Gasteiger partial charge in [-0.15, -0.1) is 0 Å². The number of carbonyl (C=O) groups excluding carboxylic acids is 1. The molecule has 0 bridgehead atoms. The molecule has 1 amide bonds. The molecule has 96 valence electrons. The van der Waals surface area contributed by atoms with Crippen molar-refractivity contribution in [3.63, 3.8) is 0 Å². The number of nitrogens with one attached hydrogen (secondary N) is 2. The fourth-order valence-corrected chi connectivity index (χ4v) is 2.46. The van der Waals surface area contributed by atoms with Crippen LogP contribution in [0.3, 0.4) is 0 Å². The molecular weight excluding hydrogens is 220 g/mol. The Morgan fingerprint density at radius 1 is 1.29 bits per heavy atom. The quantitative estimate of drug-likeness (QED) is 0.665. The van der Waals surface area contributed by atoms with Crippen molar-refractivity contribution in [2.45, 2.75) is 38.1 Å². The first-order valence-electron chi connectivity index (χ1n) is 6.30. The summed E-state index contributed by atoms with van der Waals surface area (Å²) in [6, 6.07) is 0. The number of hydrogen-bond acceptors (Lipinski definition) is 3. The van der Waals surface area contributed by atoms with Crippen molar-refractivity contribution in [3.8, 4) is 0 Å². The van der Waals surface area contributed by atoms with Gasteiger partial charge in [-0.2, -0.15) is 0 Å². The molecule has 1 heterocycles. The Morgan fingerprint density at radius 2 is 1.88 bits per heavy atom. The van der Waals surface area contributed by atoms with Crippen LogP contribution in [0.15, 0.2) is 0 Å². The van der Waals surface area contributed by atoms with E-state index in [9.17, 15) is 14.7 Å². The Balaban J connectivity index is 2.01. The van der Waals surface area contributed by atoms with E-state index in [0.717, 1.165) is 12.8 Å².